The molecule has 0 saturated heterocycles. The Morgan fingerprint density at radius 3 is 3.00 bits per heavy atom. The monoisotopic (exact) mass is 188 g/mol. The van der Waals surface area contributed by atoms with E-state index in [9.17, 15) is 4.79 Å². The smallest absolute Gasteiger partial charge is 0.341 e. The zero-order valence-electron chi connectivity index (χ0n) is 6.67. The van der Waals surface area contributed by atoms with Crippen LogP contribution in [0, 0.1) is 0 Å². The van der Waals surface area contributed by atoms with Gasteiger partial charge in [0.1, 0.15) is 12.0 Å². The van der Waals surface area contributed by atoms with Crippen molar-refractivity contribution < 1.29 is 13.9 Å². The van der Waals surface area contributed by atoms with Gasteiger partial charge in [0.05, 0.1) is 18.1 Å². The highest BCUT2D eigenvalue weighted by molar-refractivity contribution is 6.16. The second-order valence-corrected chi connectivity index (χ2v) is 2.42. The Bertz CT molecular complexity index is 267. The number of rotatable bonds is 3. The minimum atomic E-state index is -0.377. The van der Waals surface area contributed by atoms with Gasteiger partial charge in [0.25, 0.3) is 0 Å². The molecule has 0 saturated carbocycles. The summed E-state index contributed by atoms with van der Waals surface area (Å²) in [5.41, 5.74) is 0.410. The molecule has 0 N–H and O–H groups in total. The average molecular weight is 189 g/mol. The maximum atomic E-state index is 11.0. The topological polar surface area (TPSA) is 39.4 Å². The predicted octanol–water partition coefficient (Wildman–Crippen LogP) is 2.20. The molecule has 3 nitrogen and oxygen atoms in total. The number of furan rings is 1. The molecule has 0 bridgehead atoms. The van der Waals surface area contributed by atoms with E-state index in [-0.39, 0.29) is 11.8 Å². The number of alkyl halides is 1. The van der Waals surface area contributed by atoms with E-state index in [2.05, 4.69) is 0 Å². The van der Waals surface area contributed by atoms with Gasteiger partial charge < -0.3 is 9.15 Å². The molecule has 66 valence electrons. The third-order valence-corrected chi connectivity index (χ3v) is 1.56. The first kappa shape index (κ1) is 9.13. The van der Waals surface area contributed by atoms with Gasteiger partial charge in [-0.2, -0.15) is 0 Å². The number of carbonyl (C=O) groups excluding carboxylic acids is 1. The lowest BCUT2D eigenvalue weighted by molar-refractivity contribution is 0.0525. The predicted molar refractivity (Wildman–Crippen MR) is 44.2 cm³/mol. The zero-order chi connectivity index (χ0) is 8.97. The van der Waals surface area contributed by atoms with E-state index < -0.39 is 0 Å². The highest BCUT2D eigenvalue weighted by atomic mass is 35.5. The van der Waals surface area contributed by atoms with Crippen molar-refractivity contribution in [1.82, 2.24) is 0 Å². The van der Waals surface area contributed by atoms with Gasteiger partial charge in [-0.3, -0.25) is 0 Å². The molecular formula is C8H9ClO3. The van der Waals surface area contributed by atoms with Crippen LogP contribution < -0.4 is 0 Å². The standard InChI is InChI=1S/C8H9ClO3/c1-2-11-8(10)6-3-7(4-9)12-5-6/h3,5H,2,4H2,1H3. The summed E-state index contributed by atoms with van der Waals surface area (Å²) in [5.74, 6) is 0.455. The van der Waals surface area contributed by atoms with E-state index in [1.807, 2.05) is 0 Å². The molecule has 0 spiro atoms. The molecule has 4 heteroatoms. The first-order valence-electron chi connectivity index (χ1n) is 3.58. The lowest BCUT2D eigenvalue weighted by Gasteiger charge is -1.95. The Balaban J connectivity index is 2.68. The Hall–Kier alpha value is -0.960. The number of carbonyl (C=O) groups is 1. The van der Waals surface area contributed by atoms with Gasteiger partial charge in [-0.15, -0.1) is 11.6 Å². The first-order chi connectivity index (χ1) is 5.77. The van der Waals surface area contributed by atoms with Crippen LogP contribution in [0.4, 0.5) is 0 Å². The number of halogens is 1. The van der Waals surface area contributed by atoms with Crippen LogP contribution in [-0.4, -0.2) is 12.6 Å². The molecule has 0 unspecified atom stereocenters. The van der Waals surface area contributed by atoms with Crippen LogP contribution in [0.15, 0.2) is 16.7 Å². The van der Waals surface area contributed by atoms with Crippen LogP contribution in [0.1, 0.15) is 23.0 Å². The molecule has 1 aromatic rings. The Morgan fingerprint density at radius 1 is 1.75 bits per heavy atom. The maximum Gasteiger partial charge on any atom is 0.341 e. The lowest BCUT2D eigenvalue weighted by Crippen LogP contribution is -2.02. The molecule has 1 rings (SSSR count). The molecule has 0 aliphatic heterocycles. The van der Waals surface area contributed by atoms with Crippen LogP contribution in [0.5, 0.6) is 0 Å². The van der Waals surface area contributed by atoms with Crippen LogP contribution >= 0.6 is 11.6 Å². The van der Waals surface area contributed by atoms with Crippen molar-refractivity contribution >= 4 is 17.6 Å². The van der Waals surface area contributed by atoms with Crippen molar-refractivity contribution in [3.05, 3.63) is 23.7 Å². The summed E-state index contributed by atoms with van der Waals surface area (Å²) < 4.78 is 9.69. The largest absolute Gasteiger partial charge is 0.467 e. The molecular weight excluding hydrogens is 180 g/mol. The molecule has 0 fully saturated rings. The molecule has 0 aliphatic rings. The van der Waals surface area contributed by atoms with E-state index in [4.69, 9.17) is 20.8 Å². The molecule has 1 aromatic heterocycles. The third-order valence-electron chi connectivity index (χ3n) is 1.30. The summed E-state index contributed by atoms with van der Waals surface area (Å²) in [6.45, 7) is 2.11. The average Bonchev–Trinajstić information content (AvgIpc) is 2.52. The normalized spacial score (nSPS) is 9.83. The zero-order valence-corrected chi connectivity index (χ0v) is 7.43. The van der Waals surface area contributed by atoms with Gasteiger partial charge >= 0.3 is 5.97 Å². The minimum absolute atomic E-state index is 0.263. The maximum absolute atomic E-state index is 11.0. The number of ether oxygens (including phenoxy) is 1. The van der Waals surface area contributed by atoms with Gasteiger partial charge in [-0.1, -0.05) is 0 Å². The fourth-order valence-corrected chi connectivity index (χ4v) is 0.912. The van der Waals surface area contributed by atoms with Crippen molar-refractivity contribution in [3.63, 3.8) is 0 Å². The minimum Gasteiger partial charge on any atom is -0.467 e. The summed E-state index contributed by atoms with van der Waals surface area (Å²) >= 11 is 5.48. The molecule has 0 radical (unpaired) electrons. The molecule has 12 heavy (non-hydrogen) atoms. The van der Waals surface area contributed by atoms with E-state index in [1.54, 1.807) is 13.0 Å². The SMILES string of the molecule is CCOC(=O)c1coc(CCl)c1. The summed E-state index contributed by atoms with van der Waals surface area (Å²) in [4.78, 5) is 11.0. The summed E-state index contributed by atoms with van der Waals surface area (Å²) in [6, 6.07) is 1.57. The van der Waals surface area contributed by atoms with Gasteiger partial charge in [-0.25, -0.2) is 4.79 Å². The number of hydrogen-bond acceptors (Lipinski definition) is 3. The van der Waals surface area contributed by atoms with Gasteiger partial charge in [0.2, 0.25) is 0 Å². The molecule has 0 aliphatic carbocycles. The van der Waals surface area contributed by atoms with E-state index in [0.29, 0.717) is 17.9 Å². The Kier molecular flexibility index (Phi) is 3.17. The van der Waals surface area contributed by atoms with Crippen molar-refractivity contribution in [1.29, 1.82) is 0 Å². The van der Waals surface area contributed by atoms with E-state index in [1.165, 1.54) is 6.26 Å². The fourth-order valence-electron chi connectivity index (χ4n) is 0.772. The third kappa shape index (κ3) is 2.01. The van der Waals surface area contributed by atoms with Crippen molar-refractivity contribution in [3.8, 4) is 0 Å². The highest BCUT2D eigenvalue weighted by Crippen LogP contribution is 2.10. The van der Waals surface area contributed by atoms with Gasteiger partial charge in [0, 0.05) is 0 Å². The lowest BCUT2D eigenvalue weighted by atomic mass is 10.3. The second-order valence-electron chi connectivity index (χ2n) is 2.16. The van der Waals surface area contributed by atoms with Gasteiger partial charge in [-0.05, 0) is 13.0 Å². The number of hydrogen-bond donors (Lipinski definition) is 0. The summed E-state index contributed by atoms with van der Waals surface area (Å²) in [5, 5.41) is 0. The Morgan fingerprint density at radius 2 is 2.50 bits per heavy atom. The second kappa shape index (κ2) is 4.16. The van der Waals surface area contributed by atoms with Crippen LogP contribution in [0.2, 0.25) is 0 Å². The van der Waals surface area contributed by atoms with E-state index in [0.717, 1.165) is 0 Å². The summed E-state index contributed by atoms with van der Waals surface area (Å²) in [7, 11) is 0. The summed E-state index contributed by atoms with van der Waals surface area (Å²) in [6.07, 6.45) is 1.34. The molecule has 0 amide bonds. The van der Waals surface area contributed by atoms with Crippen molar-refractivity contribution in [2.75, 3.05) is 6.61 Å². The van der Waals surface area contributed by atoms with Crippen LogP contribution in [0.25, 0.3) is 0 Å². The quantitative estimate of drug-likeness (QED) is 0.539. The number of esters is 1. The first-order valence-corrected chi connectivity index (χ1v) is 4.12. The Labute approximate surface area is 75.3 Å². The van der Waals surface area contributed by atoms with Crippen LogP contribution in [0.3, 0.4) is 0 Å². The van der Waals surface area contributed by atoms with Crippen LogP contribution in [-0.2, 0) is 10.6 Å². The molecule has 0 atom stereocenters. The van der Waals surface area contributed by atoms with E-state index >= 15 is 0 Å². The fraction of sp³-hybridized carbons (Fsp3) is 0.375. The van der Waals surface area contributed by atoms with Gasteiger partial charge in [0.15, 0.2) is 0 Å². The molecule has 0 aromatic carbocycles. The highest BCUT2D eigenvalue weighted by Gasteiger charge is 2.09. The van der Waals surface area contributed by atoms with Crippen molar-refractivity contribution in [2.24, 2.45) is 0 Å². The molecule has 1 heterocycles. The van der Waals surface area contributed by atoms with Crippen molar-refractivity contribution in [2.45, 2.75) is 12.8 Å².